The molecular weight excluding hydrogens is 210 g/mol. The van der Waals surface area contributed by atoms with Gasteiger partial charge in [0.1, 0.15) is 5.75 Å². The molecule has 0 bridgehead atoms. The highest BCUT2D eigenvalue weighted by atomic mass is 16.5. The van der Waals surface area contributed by atoms with Crippen LogP contribution in [0, 0.1) is 0 Å². The van der Waals surface area contributed by atoms with E-state index < -0.39 is 0 Å². The maximum Gasteiger partial charge on any atom is 0.119 e. The van der Waals surface area contributed by atoms with Crippen molar-refractivity contribution in [1.29, 1.82) is 0 Å². The number of methoxy groups -OCH3 is 1. The summed E-state index contributed by atoms with van der Waals surface area (Å²) in [6, 6.07) is 8.91. The van der Waals surface area contributed by atoms with E-state index in [4.69, 9.17) is 4.74 Å². The Labute approximate surface area is 105 Å². The zero-order chi connectivity index (χ0) is 12.5. The van der Waals surface area contributed by atoms with Gasteiger partial charge in [0.15, 0.2) is 0 Å². The minimum absolute atomic E-state index is 0.640. The van der Waals surface area contributed by atoms with Crippen molar-refractivity contribution in [3.63, 3.8) is 0 Å². The second kappa shape index (κ2) is 8.13. The Balaban J connectivity index is 2.41. The van der Waals surface area contributed by atoms with E-state index in [0.29, 0.717) is 6.04 Å². The lowest BCUT2D eigenvalue weighted by Gasteiger charge is -2.16. The molecule has 1 aromatic carbocycles. The van der Waals surface area contributed by atoms with E-state index in [1.165, 1.54) is 31.2 Å². The number of hydrogen-bond acceptors (Lipinski definition) is 2. The first-order valence-corrected chi connectivity index (χ1v) is 6.66. The maximum atomic E-state index is 5.23. The normalized spacial score (nSPS) is 12.4. The van der Waals surface area contributed by atoms with Gasteiger partial charge in [-0.15, -0.1) is 0 Å². The van der Waals surface area contributed by atoms with Gasteiger partial charge in [0.2, 0.25) is 0 Å². The van der Waals surface area contributed by atoms with Gasteiger partial charge in [-0.25, -0.2) is 0 Å². The number of hydrogen-bond donors (Lipinski definition) is 1. The summed E-state index contributed by atoms with van der Waals surface area (Å²) in [5, 5.41) is 3.62. The van der Waals surface area contributed by atoms with Crippen LogP contribution < -0.4 is 10.1 Å². The lowest BCUT2D eigenvalue weighted by Crippen LogP contribution is -2.27. The molecule has 1 N–H and O–H groups in total. The molecule has 0 aliphatic heterocycles. The molecule has 0 aliphatic rings. The van der Waals surface area contributed by atoms with Crippen LogP contribution in [0.1, 0.15) is 45.1 Å². The molecule has 2 heteroatoms. The Kier molecular flexibility index (Phi) is 6.71. The van der Waals surface area contributed by atoms with Crippen molar-refractivity contribution in [2.24, 2.45) is 0 Å². The Hall–Kier alpha value is -1.02. The summed E-state index contributed by atoms with van der Waals surface area (Å²) in [5.41, 5.74) is 1.29. The topological polar surface area (TPSA) is 21.3 Å². The number of nitrogens with one attached hydrogen (secondary N) is 1. The van der Waals surface area contributed by atoms with Crippen molar-refractivity contribution < 1.29 is 4.74 Å². The average molecular weight is 235 g/mol. The molecule has 0 heterocycles. The SMILES string of the molecule is CCCCC(CC)NCc1cccc(OC)c1. The summed E-state index contributed by atoms with van der Waals surface area (Å²) < 4.78 is 5.23. The third-order valence-electron chi connectivity index (χ3n) is 3.13. The summed E-state index contributed by atoms with van der Waals surface area (Å²) in [4.78, 5) is 0. The van der Waals surface area contributed by atoms with Gasteiger partial charge in [0.25, 0.3) is 0 Å². The number of unbranched alkanes of at least 4 members (excludes halogenated alkanes) is 1. The molecule has 1 rings (SSSR count). The average Bonchev–Trinajstić information content (AvgIpc) is 2.39. The molecule has 1 atom stereocenters. The zero-order valence-electron chi connectivity index (χ0n) is 11.3. The molecule has 0 fully saturated rings. The third-order valence-corrected chi connectivity index (χ3v) is 3.13. The molecule has 0 spiro atoms. The standard InChI is InChI=1S/C15H25NO/c1-4-6-9-14(5-2)16-12-13-8-7-10-15(11-13)17-3/h7-8,10-11,14,16H,4-6,9,12H2,1-3H3. The van der Waals surface area contributed by atoms with Crippen LogP contribution in [0.3, 0.4) is 0 Å². The highest BCUT2D eigenvalue weighted by Crippen LogP contribution is 2.13. The molecule has 2 nitrogen and oxygen atoms in total. The largest absolute Gasteiger partial charge is 0.497 e. The van der Waals surface area contributed by atoms with Crippen LogP contribution in [0.5, 0.6) is 5.75 Å². The molecule has 17 heavy (non-hydrogen) atoms. The fourth-order valence-electron chi connectivity index (χ4n) is 1.95. The molecule has 0 amide bonds. The van der Waals surface area contributed by atoms with E-state index in [0.717, 1.165) is 12.3 Å². The second-order valence-electron chi connectivity index (χ2n) is 4.48. The van der Waals surface area contributed by atoms with Gasteiger partial charge in [0.05, 0.1) is 7.11 Å². The Morgan fingerprint density at radius 2 is 2.12 bits per heavy atom. The number of ether oxygens (including phenoxy) is 1. The van der Waals surface area contributed by atoms with Gasteiger partial charge in [0, 0.05) is 12.6 Å². The van der Waals surface area contributed by atoms with Crippen LogP contribution in [-0.2, 0) is 6.54 Å². The molecule has 0 aromatic heterocycles. The van der Waals surface area contributed by atoms with Gasteiger partial charge >= 0.3 is 0 Å². The maximum absolute atomic E-state index is 5.23. The van der Waals surface area contributed by atoms with E-state index in [1.54, 1.807) is 7.11 Å². The van der Waals surface area contributed by atoms with Crippen LogP contribution in [0.2, 0.25) is 0 Å². The van der Waals surface area contributed by atoms with Crippen molar-refractivity contribution in [3.05, 3.63) is 29.8 Å². The van der Waals surface area contributed by atoms with E-state index in [2.05, 4.69) is 31.3 Å². The van der Waals surface area contributed by atoms with Gasteiger partial charge in [-0.2, -0.15) is 0 Å². The molecule has 0 aliphatic carbocycles. The highest BCUT2D eigenvalue weighted by Gasteiger charge is 2.04. The van der Waals surface area contributed by atoms with Crippen LogP contribution in [0.4, 0.5) is 0 Å². The van der Waals surface area contributed by atoms with Crippen LogP contribution in [-0.4, -0.2) is 13.2 Å². The van der Waals surface area contributed by atoms with E-state index in [9.17, 15) is 0 Å². The molecule has 0 saturated carbocycles. The first-order chi connectivity index (χ1) is 8.30. The summed E-state index contributed by atoms with van der Waals surface area (Å²) in [6.45, 7) is 5.42. The Morgan fingerprint density at radius 3 is 2.76 bits per heavy atom. The van der Waals surface area contributed by atoms with Gasteiger partial charge in [-0.05, 0) is 30.5 Å². The Morgan fingerprint density at radius 1 is 1.29 bits per heavy atom. The van der Waals surface area contributed by atoms with Crippen LogP contribution >= 0.6 is 0 Å². The van der Waals surface area contributed by atoms with E-state index >= 15 is 0 Å². The minimum Gasteiger partial charge on any atom is -0.497 e. The first kappa shape index (κ1) is 14.0. The first-order valence-electron chi connectivity index (χ1n) is 6.66. The quantitative estimate of drug-likeness (QED) is 0.741. The van der Waals surface area contributed by atoms with Crippen molar-refractivity contribution in [2.45, 2.75) is 52.1 Å². The summed E-state index contributed by atoms with van der Waals surface area (Å²) in [7, 11) is 1.71. The molecule has 96 valence electrons. The summed E-state index contributed by atoms with van der Waals surface area (Å²) in [5.74, 6) is 0.936. The lowest BCUT2D eigenvalue weighted by molar-refractivity contribution is 0.413. The predicted molar refractivity (Wildman–Crippen MR) is 73.4 cm³/mol. The lowest BCUT2D eigenvalue weighted by atomic mass is 10.1. The van der Waals surface area contributed by atoms with Gasteiger partial charge < -0.3 is 10.1 Å². The monoisotopic (exact) mass is 235 g/mol. The fraction of sp³-hybridized carbons (Fsp3) is 0.600. The van der Waals surface area contributed by atoms with Gasteiger partial charge in [-0.3, -0.25) is 0 Å². The molecule has 1 unspecified atom stereocenters. The molecule has 0 radical (unpaired) electrons. The van der Waals surface area contributed by atoms with Crippen LogP contribution in [0.25, 0.3) is 0 Å². The minimum atomic E-state index is 0.640. The van der Waals surface area contributed by atoms with Crippen molar-refractivity contribution in [1.82, 2.24) is 5.32 Å². The second-order valence-corrected chi connectivity index (χ2v) is 4.48. The van der Waals surface area contributed by atoms with Crippen molar-refractivity contribution in [2.75, 3.05) is 7.11 Å². The predicted octanol–water partition coefficient (Wildman–Crippen LogP) is 3.75. The van der Waals surface area contributed by atoms with E-state index in [-0.39, 0.29) is 0 Å². The highest BCUT2D eigenvalue weighted by molar-refractivity contribution is 5.28. The zero-order valence-corrected chi connectivity index (χ0v) is 11.3. The summed E-state index contributed by atoms with van der Waals surface area (Å²) in [6.07, 6.45) is 5.06. The summed E-state index contributed by atoms with van der Waals surface area (Å²) >= 11 is 0. The smallest absolute Gasteiger partial charge is 0.119 e. The molecular formula is C15H25NO. The van der Waals surface area contributed by atoms with Gasteiger partial charge in [-0.1, -0.05) is 38.8 Å². The van der Waals surface area contributed by atoms with Crippen molar-refractivity contribution >= 4 is 0 Å². The Bertz CT molecular complexity index is 312. The van der Waals surface area contributed by atoms with Crippen molar-refractivity contribution in [3.8, 4) is 5.75 Å². The number of rotatable bonds is 8. The molecule has 1 aromatic rings. The third kappa shape index (κ3) is 5.22. The number of benzene rings is 1. The fourth-order valence-corrected chi connectivity index (χ4v) is 1.95. The van der Waals surface area contributed by atoms with Crippen LogP contribution in [0.15, 0.2) is 24.3 Å². The molecule has 0 saturated heterocycles. The van der Waals surface area contributed by atoms with E-state index in [1.807, 2.05) is 12.1 Å².